The van der Waals surface area contributed by atoms with Crippen LogP contribution in [0, 0.1) is 0 Å². The molecule has 1 aromatic carbocycles. The van der Waals surface area contributed by atoms with Gasteiger partial charge in [-0.15, -0.1) is 11.8 Å². The first-order valence-corrected chi connectivity index (χ1v) is 9.72. The van der Waals surface area contributed by atoms with Gasteiger partial charge in [0.25, 0.3) is 0 Å². The number of nitrogens with one attached hydrogen (secondary N) is 1. The fraction of sp³-hybridized carbons (Fsp3) is 0.529. The Bertz CT molecular complexity index is 587. The minimum Gasteiger partial charge on any atom is -0.367 e. The highest BCUT2D eigenvalue weighted by Gasteiger charge is 2.53. The largest absolute Gasteiger partial charge is 0.367 e. The summed E-state index contributed by atoms with van der Waals surface area (Å²) in [7, 11) is 0. The third-order valence-corrected chi connectivity index (χ3v) is 7.17. The Morgan fingerprint density at radius 1 is 1.30 bits per heavy atom. The number of rotatable bonds is 3. The number of carbonyl (C=O) groups excluding carboxylic acids is 1. The first-order chi connectivity index (χ1) is 10.6. The van der Waals surface area contributed by atoms with E-state index >= 15 is 0 Å². The maximum Gasteiger partial charge on any atom is 0.221 e. The molecule has 1 amide bonds. The number of hydrogen-bond donors (Lipinski definition) is 1. The standard InChI is InChI=1S/C17H24N2OS3/c1-12(20)19-14(16(2,3)23-17(19,4)5)22-15(21)18-11-13-9-7-6-8-10-13/h6-10,14H,11H2,1-5H3,(H,18,21)/t14-/m1/s1. The zero-order valence-corrected chi connectivity index (χ0v) is 16.7. The van der Waals surface area contributed by atoms with Crippen molar-refractivity contribution in [2.45, 2.75) is 56.2 Å². The summed E-state index contributed by atoms with van der Waals surface area (Å²) >= 11 is 8.91. The number of thioether (sulfide) groups is 2. The van der Waals surface area contributed by atoms with Crippen LogP contribution in [0.2, 0.25) is 0 Å². The van der Waals surface area contributed by atoms with Gasteiger partial charge in [-0.3, -0.25) is 4.79 Å². The van der Waals surface area contributed by atoms with Crippen LogP contribution in [-0.2, 0) is 11.3 Å². The van der Waals surface area contributed by atoms with Crippen molar-refractivity contribution in [1.82, 2.24) is 10.2 Å². The third kappa shape index (κ3) is 4.43. The van der Waals surface area contributed by atoms with Crippen LogP contribution < -0.4 is 5.32 Å². The van der Waals surface area contributed by atoms with Crippen molar-refractivity contribution in [2.24, 2.45) is 0 Å². The number of benzene rings is 1. The number of hydrogen-bond acceptors (Lipinski definition) is 4. The van der Waals surface area contributed by atoms with Gasteiger partial charge in [0.15, 0.2) is 0 Å². The summed E-state index contributed by atoms with van der Waals surface area (Å²) in [6.45, 7) is 10.9. The maximum absolute atomic E-state index is 12.2. The van der Waals surface area contributed by atoms with Gasteiger partial charge in [0.1, 0.15) is 9.69 Å². The van der Waals surface area contributed by atoms with Gasteiger partial charge in [-0.05, 0) is 33.3 Å². The molecule has 126 valence electrons. The van der Waals surface area contributed by atoms with Gasteiger partial charge in [-0.2, -0.15) is 0 Å². The summed E-state index contributed by atoms with van der Waals surface area (Å²) in [6.07, 6.45) is 0. The predicted molar refractivity (Wildman–Crippen MR) is 106 cm³/mol. The van der Waals surface area contributed by atoms with Crippen LogP contribution >= 0.6 is 35.7 Å². The highest BCUT2D eigenvalue weighted by molar-refractivity contribution is 8.24. The fourth-order valence-corrected chi connectivity index (χ4v) is 6.68. The summed E-state index contributed by atoms with van der Waals surface area (Å²) in [5.41, 5.74) is 1.19. The molecule has 1 N–H and O–H groups in total. The molecule has 1 aromatic rings. The normalized spacial score (nSPS) is 22.0. The lowest BCUT2D eigenvalue weighted by Gasteiger charge is -2.34. The molecule has 1 heterocycles. The summed E-state index contributed by atoms with van der Waals surface area (Å²) < 4.78 is 0.676. The van der Waals surface area contributed by atoms with Gasteiger partial charge in [-0.1, -0.05) is 54.3 Å². The van der Waals surface area contributed by atoms with Crippen LogP contribution in [0.3, 0.4) is 0 Å². The molecule has 1 aliphatic heterocycles. The minimum atomic E-state index is -0.220. The topological polar surface area (TPSA) is 32.3 Å². The number of thiocarbonyl (C=S) groups is 1. The number of amides is 1. The van der Waals surface area contributed by atoms with Crippen molar-refractivity contribution in [3.05, 3.63) is 35.9 Å². The molecule has 23 heavy (non-hydrogen) atoms. The average Bonchev–Trinajstić information content (AvgIpc) is 2.62. The van der Waals surface area contributed by atoms with E-state index in [-0.39, 0.29) is 20.9 Å². The van der Waals surface area contributed by atoms with E-state index in [1.165, 1.54) is 5.56 Å². The van der Waals surface area contributed by atoms with Crippen LogP contribution in [0.1, 0.15) is 40.2 Å². The fourth-order valence-electron chi connectivity index (χ4n) is 2.99. The van der Waals surface area contributed by atoms with E-state index in [1.54, 1.807) is 18.7 Å². The number of nitrogens with zero attached hydrogens (tertiary/aromatic N) is 1. The van der Waals surface area contributed by atoms with Gasteiger partial charge in [0.2, 0.25) is 5.91 Å². The van der Waals surface area contributed by atoms with Crippen LogP contribution in [0.4, 0.5) is 0 Å². The van der Waals surface area contributed by atoms with Crippen LogP contribution in [0.5, 0.6) is 0 Å². The van der Waals surface area contributed by atoms with Crippen molar-refractivity contribution >= 4 is 46.0 Å². The average molecular weight is 369 g/mol. The zero-order chi connectivity index (χ0) is 17.3. The first-order valence-electron chi connectivity index (χ1n) is 7.62. The molecule has 6 heteroatoms. The Labute approximate surface area is 153 Å². The van der Waals surface area contributed by atoms with Gasteiger partial charge in [0.05, 0.1) is 4.87 Å². The van der Waals surface area contributed by atoms with Crippen LogP contribution in [0.25, 0.3) is 0 Å². The van der Waals surface area contributed by atoms with Crippen LogP contribution in [-0.4, -0.2) is 30.1 Å². The lowest BCUT2D eigenvalue weighted by atomic mass is 10.1. The van der Waals surface area contributed by atoms with E-state index in [1.807, 2.05) is 34.9 Å². The third-order valence-electron chi connectivity index (χ3n) is 3.76. The van der Waals surface area contributed by atoms with E-state index < -0.39 is 0 Å². The van der Waals surface area contributed by atoms with Crippen molar-refractivity contribution in [1.29, 1.82) is 0 Å². The van der Waals surface area contributed by atoms with Crippen molar-refractivity contribution < 1.29 is 4.79 Å². The van der Waals surface area contributed by atoms with Gasteiger partial charge in [-0.25, -0.2) is 0 Å². The molecule has 0 bridgehead atoms. The highest BCUT2D eigenvalue weighted by atomic mass is 32.2. The molecule has 2 rings (SSSR count). The summed E-state index contributed by atoms with van der Waals surface area (Å²) in [5, 5.41) is 3.32. The number of carbonyl (C=O) groups is 1. The summed E-state index contributed by atoms with van der Waals surface area (Å²) in [5.74, 6) is 0.0939. The highest BCUT2D eigenvalue weighted by Crippen LogP contribution is 2.54. The molecule has 1 atom stereocenters. The monoisotopic (exact) mass is 368 g/mol. The second-order valence-electron chi connectivity index (χ2n) is 6.64. The lowest BCUT2D eigenvalue weighted by Crippen LogP contribution is -2.47. The minimum absolute atomic E-state index is 0.0239. The maximum atomic E-state index is 12.2. The van der Waals surface area contributed by atoms with Crippen molar-refractivity contribution in [3.63, 3.8) is 0 Å². The molecule has 1 fully saturated rings. The molecule has 0 unspecified atom stereocenters. The van der Waals surface area contributed by atoms with E-state index in [0.717, 1.165) is 4.32 Å². The van der Waals surface area contributed by atoms with Gasteiger partial charge in [0, 0.05) is 18.2 Å². The Morgan fingerprint density at radius 2 is 1.91 bits per heavy atom. The Balaban J connectivity index is 2.04. The molecule has 0 aliphatic carbocycles. The predicted octanol–water partition coefficient (Wildman–Crippen LogP) is 4.23. The molecule has 0 saturated carbocycles. The van der Waals surface area contributed by atoms with E-state index in [4.69, 9.17) is 12.2 Å². The van der Waals surface area contributed by atoms with Gasteiger partial charge >= 0.3 is 0 Å². The van der Waals surface area contributed by atoms with E-state index in [9.17, 15) is 4.79 Å². The summed E-state index contributed by atoms with van der Waals surface area (Å²) in [4.78, 5) is 13.9. The Morgan fingerprint density at radius 3 is 2.48 bits per heavy atom. The lowest BCUT2D eigenvalue weighted by molar-refractivity contribution is -0.131. The molecule has 0 spiro atoms. The molecule has 1 aliphatic rings. The van der Waals surface area contributed by atoms with E-state index in [2.05, 4.69) is 45.1 Å². The quantitative estimate of drug-likeness (QED) is 0.807. The molecular formula is C17H24N2OS3. The van der Waals surface area contributed by atoms with Gasteiger partial charge < -0.3 is 10.2 Å². The van der Waals surface area contributed by atoms with Crippen molar-refractivity contribution in [3.8, 4) is 0 Å². The van der Waals surface area contributed by atoms with Crippen molar-refractivity contribution in [2.75, 3.05) is 0 Å². The summed E-state index contributed by atoms with van der Waals surface area (Å²) in [6, 6.07) is 10.2. The smallest absolute Gasteiger partial charge is 0.221 e. The molecule has 0 radical (unpaired) electrons. The molecule has 3 nitrogen and oxygen atoms in total. The first kappa shape index (κ1) is 18.6. The zero-order valence-electron chi connectivity index (χ0n) is 14.3. The molecule has 0 aromatic heterocycles. The van der Waals surface area contributed by atoms with Crippen LogP contribution in [0.15, 0.2) is 30.3 Å². The molecule has 1 saturated heterocycles. The second kappa shape index (κ2) is 7.03. The Hall–Kier alpha value is -0.720. The molecular weight excluding hydrogens is 344 g/mol. The Kier molecular flexibility index (Phi) is 5.69. The SMILES string of the molecule is CC(=O)N1[C@H](SC(=S)NCc2ccccc2)C(C)(C)SC1(C)C. The van der Waals surface area contributed by atoms with E-state index in [0.29, 0.717) is 6.54 Å². The second-order valence-corrected chi connectivity index (χ2v) is 10.7.